The van der Waals surface area contributed by atoms with Gasteiger partial charge in [-0.05, 0) is 53.7 Å². The molecule has 0 radical (unpaired) electrons. The lowest BCUT2D eigenvalue weighted by atomic mass is 9.80. The Morgan fingerprint density at radius 2 is 2.17 bits per heavy atom. The third kappa shape index (κ3) is 2.90. The highest BCUT2D eigenvalue weighted by atomic mass is 79.9. The zero-order valence-corrected chi connectivity index (χ0v) is 11.8. The molecular formula is C13H16BrNO3. The lowest BCUT2D eigenvalue weighted by Crippen LogP contribution is -2.38. The number of ether oxygens (including phenoxy) is 1. The van der Waals surface area contributed by atoms with Crippen molar-refractivity contribution in [1.82, 2.24) is 4.98 Å². The van der Waals surface area contributed by atoms with E-state index in [1.807, 2.05) is 12.1 Å². The molecule has 0 atom stereocenters. The van der Waals surface area contributed by atoms with Crippen LogP contribution >= 0.6 is 15.9 Å². The van der Waals surface area contributed by atoms with E-state index in [1.54, 1.807) is 6.20 Å². The Hall–Kier alpha value is -0.940. The third-order valence-electron chi connectivity index (χ3n) is 3.30. The van der Waals surface area contributed by atoms with Gasteiger partial charge in [-0.2, -0.15) is 0 Å². The van der Waals surface area contributed by atoms with Crippen LogP contribution in [-0.2, 0) is 15.1 Å². The molecule has 18 heavy (non-hydrogen) atoms. The molecule has 1 aliphatic rings. The summed E-state index contributed by atoms with van der Waals surface area (Å²) in [5, 5.41) is 9.60. The van der Waals surface area contributed by atoms with E-state index in [1.165, 1.54) is 6.92 Å². The SMILES string of the molecule is CC(=O)OC1(c2ccc(Br)cn2)CCC(O)CC1. The molecule has 2 rings (SSSR count). The van der Waals surface area contributed by atoms with Crippen LogP contribution in [0.15, 0.2) is 22.8 Å². The molecule has 1 aromatic rings. The molecule has 5 heteroatoms. The number of hydrogen-bond acceptors (Lipinski definition) is 4. The van der Waals surface area contributed by atoms with Crippen molar-refractivity contribution in [3.63, 3.8) is 0 Å². The maximum absolute atomic E-state index is 11.3. The second-order valence-corrected chi connectivity index (χ2v) is 5.60. The first kappa shape index (κ1) is 13.5. The van der Waals surface area contributed by atoms with Crippen molar-refractivity contribution in [3.05, 3.63) is 28.5 Å². The van der Waals surface area contributed by atoms with Crippen LogP contribution in [0.2, 0.25) is 0 Å². The van der Waals surface area contributed by atoms with Crippen LogP contribution in [0.4, 0.5) is 0 Å². The first-order valence-electron chi connectivity index (χ1n) is 6.01. The minimum atomic E-state index is -0.675. The van der Waals surface area contributed by atoms with E-state index in [-0.39, 0.29) is 12.1 Å². The summed E-state index contributed by atoms with van der Waals surface area (Å²) < 4.78 is 6.41. The summed E-state index contributed by atoms with van der Waals surface area (Å²) in [5.41, 5.74) is 0.0824. The molecular weight excluding hydrogens is 298 g/mol. The zero-order chi connectivity index (χ0) is 13.2. The Morgan fingerprint density at radius 1 is 1.50 bits per heavy atom. The topological polar surface area (TPSA) is 59.4 Å². The van der Waals surface area contributed by atoms with Crippen LogP contribution in [0.3, 0.4) is 0 Å². The molecule has 0 unspecified atom stereocenters. The predicted molar refractivity (Wildman–Crippen MR) is 69.9 cm³/mol. The molecule has 0 spiro atoms. The summed E-state index contributed by atoms with van der Waals surface area (Å²) in [6.45, 7) is 1.41. The second kappa shape index (κ2) is 5.36. The van der Waals surface area contributed by atoms with Crippen molar-refractivity contribution in [2.24, 2.45) is 0 Å². The number of hydrogen-bond donors (Lipinski definition) is 1. The number of carbonyl (C=O) groups excluding carboxylic acids is 1. The summed E-state index contributed by atoms with van der Waals surface area (Å²) in [6.07, 6.45) is 3.89. The van der Waals surface area contributed by atoms with Gasteiger partial charge < -0.3 is 9.84 Å². The van der Waals surface area contributed by atoms with Gasteiger partial charge in [0.25, 0.3) is 0 Å². The fraction of sp³-hybridized carbons (Fsp3) is 0.538. The molecule has 1 aromatic heterocycles. The minimum absolute atomic E-state index is 0.302. The molecule has 4 nitrogen and oxygen atoms in total. The summed E-state index contributed by atoms with van der Waals surface area (Å²) in [6, 6.07) is 3.75. The number of carbonyl (C=O) groups is 1. The Bertz CT molecular complexity index is 424. The first-order chi connectivity index (χ1) is 8.52. The zero-order valence-electron chi connectivity index (χ0n) is 10.2. The molecule has 98 valence electrons. The molecule has 1 saturated carbocycles. The van der Waals surface area contributed by atoms with Gasteiger partial charge in [-0.25, -0.2) is 0 Å². The Labute approximate surface area is 115 Å². The fourth-order valence-corrected chi connectivity index (χ4v) is 2.63. The van der Waals surface area contributed by atoms with Crippen LogP contribution in [0.25, 0.3) is 0 Å². The number of aliphatic hydroxyl groups excluding tert-OH is 1. The van der Waals surface area contributed by atoms with Crippen LogP contribution in [-0.4, -0.2) is 22.2 Å². The van der Waals surface area contributed by atoms with Gasteiger partial charge in [-0.15, -0.1) is 0 Å². The quantitative estimate of drug-likeness (QED) is 0.852. The maximum atomic E-state index is 11.3. The van der Waals surface area contributed by atoms with Crippen LogP contribution < -0.4 is 0 Å². The van der Waals surface area contributed by atoms with Gasteiger partial charge in [-0.3, -0.25) is 9.78 Å². The number of rotatable bonds is 2. The first-order valence-corrected chi connectivity index (χ1v) is 6.81. The van der Waals surface area contributed by atoms with Gasteiger partial charge in [0.2, 0.25) is 0 Å². The maximum Gasteiger partial charge on any atom is 0.303 e. The summed E-state index contributed by atoms with van der Waals surface area (Å²) in [5.74, 6) is -0.309. The Kier molecular flexibility index (Phi) is 4.02. The molecule has 0 amide bonds. The Morgan fingerprint density at radius 3 is 2.67 bits per heavy atom. The normalized spacial score (nSPS) is 27.8. The van der Waals surface area contributed by atoms with Crippen molar-refractivity contribution < 1.29 is 14.6 Å². The largest absolute Gasteiger partial charge is 0.453 e. The number of pyridine rings is 1. The van der Waals surface area contributed by atoms with Crippen LogP contribution in [0.1, 0.15) is 38.3 Å². The molecule has 1 fully saturated rings. The number of halogens is 1. The highest BCUT2D eigenvalue weighted by Gasteiger charge is 2.40. The average molecular weight is 314 g/mol. The highest BCUT2D eigenvalue weighted by Crippen LogP contribution is 2.40. The fourth-order valence-electron chi connectivity index (χ4n) is 2.40. The van der Waals surface area contributed by atoms with E-state index in [4.69, 9.17) is 4.74 Å². The molecule has 0 aromatic carbocycles. The lowest BCUT2D eigenvalue weighted by Gasteiger charge is -2.37. The van der Waals surface area contributed by atoms with Crippen molar-refractivity contribution in [2.75, 3.05) is 0 Å². The number of esters is 1. The minimum Gasteiger partial charge on any atom is -0.453 e. The van der Waals surface area contributed by atoms with E-state index in [0.29, 0.717) is 25.7 Å². The number of nitrogens with zero attached hydrogens (tertiary/aromatic N) is 1. The van der Waals surface area contributed by atoms with Gasteiger partial charge in [0.1, 0.15) is 0 Å². The van der Waals surface area contributed by atoms with Crippen molar-refractivity contribution in [2.45, 2.75) is 44.3 Å². The smallest absolute Gasteiger partial charge is 0.303 e. The van der Waals surface area contributed by atoms with Gasteiger partial charge in [0.15, 0.2) is 5.60 Å². The van der Waals surface area contributed by atoms with E-state index in [9.17, 15) is 9.90 Å². The highest BCUT2D eigenvalue weighted by molar-refractivity contribution is 9.10. The van der Waals surface area contributed by atoms with Gasteiger partial charge in [0.05, 0.1) is 11.8 Å². The molecule has 1 heterocycles. The van der Waals surface area contributed by atoms with E-state index in [0.717, 1.165) is 10.2 Å². The monoisotopic (exact) mass is 313 g/mol. The Balaban J connectivity index is 2.29. The lowest BCUT2D eigenvalue weighted by molar-refractivity contribution is -0.165. The predicted octanol–water partition coefficient (Wildman–Crippen LogP) is 2.54. The van der Waals surface area contributed by atoms with Crippen molar-refractivity contribution in [1.29, 1.82) is 0 Å². The average Bonchev–Trinajstić information content (AvgIpc) is 2.33. The van der Waals surface area contributed by atoms with Gasteiger partial charge in [-0.1, -0.05) is 0 Å². The van der Waals surface area contributed by atoms with Gasteiger partial charge >= 0.3 is 5.97 Å². The van der Waals surface area contributed by atoms with Crippen molar-refractivity contribution >= 4 is 21.9 Å². The summed E-state index contributed by atoms with van der Waals surface area (Å²) in [4.78, 5) is 15.7. The van der Waals surface area contributed by atoms with Crippen LogP contribution in [0, 0.1) is 0 Å². The molecule has 0 aliphatic heterocycles. The number of aliphatic hydroxyl groups is 1. The molecule has 0 bridgehead atoms. The second-order valence-electron chi connectivity index (χ2n) is 4.68. The van der Waals surface area contributed by atoms with E-state index in [2.05, 4.69) is 20.9 Å². The number of aromatic nitrogens is 1. The van der Waals surface area contributed by atoms with Crippen molar-refractivity contribution in [3.8, 4) is 0 Å². The summed E-state index contributed by atoms with van der Waals surface area (Å²) >= 11 is 3.34. The van der Waals surface area contributed by atoms with Gasteiger partial charge in [0, 0.05) is 17.6 Å². The standard InChI is InChI=1S/C13H16BrNO3/c1-9(16)18-13(6-4-11(17)5-7-13)12-3-2-10(14)8-15-12/h2-3,8,11,17H,4-7H2,1H3. The third-order valence-corrected chi connectivity index (χ3v) is 3.77. The van der Waals surface area contributed by atoms with E-state index < -0.39 is 5.60 Å². The molecule has 0 saturated heterocycles. The van der Waals surface area contributed by atoms with E-state index >= 15 is 0 Å². The summed E-state index contributed by atoms with van der Waals surface area (Å²) in [7, 11) is 0. The van der Waals surface area contributed by atoms with Crippen LogP contribution in [0.5, 0.6) is 0 Å². The molecule has 1 N–H and O–H groups in total. The molecule has 1 aliphatic carbocycles.